The van der Waals surface area contributed by atoms with Gasteiger partial charge in [-0.3, -0.25) is 4.39 Å². The molecule has 0 radical (unpaired) electrons. The lowest BCUT2D eigenvalue weighted by Crippen LogP contribution is -2.15. The summed E-state index contributed by atoms with van der Waals surface area (Å²) in [6, 6.07) is 22.2. The molecular formula is C32H41FN2O2. The fraction of sp³-hybridized carbons (Fsp3) is 0.375. The molecule has 0 bridgehead atoms. The zero-order valence-electron chi connectivity index (χ0n) is 22.4. The first-order valence-electron chi connectivity index (χ1n) is 13.4. The van der Waals surface area contributed by atoms with Crippen LogP contribution in [0.4, 0.5) is 15.8 Å². The van der Waals surface area contributed by atoms with Gasteiger partial charge in [-0.15, -0.1) is 0 Å². The number of anilines is 2. The van der Waals surface area contributed by atoms with Crippen LogP contribution in [-0.4, -0.2) is 19.4 Å². The van der Waals surface area contributed by atoms with E-state index in [4.69, 9.17) is 20.9 Å². The van der Waals surface area contributed by atoms with Gasteiger partial charge in [0.05, 0.1) is 12.8 Å². The molecule has 0 saturated heterocycles. The van der Waals surface area contributed by atoms with E-state index in [1.54, 1.807) is 0 Å². The molecule has 0 aliphatic carbocycles. The Bertz CT molecular complexity index is 1140. The number of benzene rings is 3. The third-order valence-electron chi connectivity index (χ3n) is 6.46. The number of nitrogen functional groups attached to an aromatic ring is 2. The van der Waals surface area contributed by atoms with Crippen molar-refractivity contribution < 1.29 is 13.9 Å². The molecule has 4 nitrogen and oxygen atoms in total. The summed E-state index contributed by atoms with van der Waals surface area (Å²) in [5, 5.41) is 0. The summed E-state index contributed by atoms with van der Waals surface area (Å²) in [7, 11) is 0. The first-order chi connectivity index (χ1) is 18.0. The van der Waals surface area contributed by atoms with E-state index < -0.39 is 0 Å². The zero-order valence-corrected chi connectivity index (χ0v) is 22.4. The van der Waals surface area contributed by atoms with E-state index in [1.807, 2.05) is 42.5 Å². The minimum absolute atomic E-state index is 0.145. The van der Waals surface area contributed by atoms with E-state index in [-0.39, 0.29) is 12.8 Å². The van der Waals surface area contributed by atoms with Crippen LogP contribution >= 0.6 is 0 Å². The molecule has 3 aromatic carbocycles. The molecular weight excluding hydrogens is 463 g/mol. The minimum Gasteiger partial charge on any atom is -0.490 e. The highest BCUT2D eigenvalue weighted by Gasteiger charge is 2.23. The average molecular weight is 505 g/mol. The highest BCUT2D eigenvalue weighted by atomic mass is 19.1. The van der Waals surface area contributed by atoms with Crippen LogP contribution < -0.4 is 20.9 Å². The molecule has 1 aliphatic heterocycles. The normalized spacial score (nSPS) is 13.2. The van der Waals surface area contributed by atoms with E-state index in [9.17, 15) is 4.39 Å². The van der Waals surface area contributed by atoms with E-state index in [0.717, 1.165) is 83.5 Å². The predicted octanol–water partition coefficient (Wildman–Crippen LogP) is 8.31. The monoisotopic (exact) mass is 504 g/mol. The van der Waals surface area contributed by atoms with Gasteiger partial charge in [0.15, 0.2) is 0 Å². The second kappa shape index (κ2) is 14.3. The number of halogens is 1. The lowest BCUT2D eigenvalue weighted by Gasteiger charge is -2.25. The van der Waals surface area contributed by atoms with Crippen molar-refractivity contribution in [3.8, 4) is 11.5 Å². The van der Waals surface area contributed by atoms with Gasteiger partial charge in [0.2, 0.25) is 0 Å². The van der Waals surface area contributed by atoms with E-state index in [2.05, 4.69) is 45.0 Å². The van der Waals surface area contributed by atoms with Crippen molar-refractivity contribution in [3.63, 3.8) is 0 Å². The lowest BCUT2D eigenvalue weighted by molar-refractivity contribution is 0.186. The summed E-state index contributed by atoms with van der Waals surface area (Å²) >= 11 is 0. The fourth-order valence-corrected chi connectivity index (χ4v) is 4.40. The van der Waals surface area contributed by atoms with Crippen LogP contribution in [0.25, 0.3) is 11.1 Å². The molecule has 1 heterocycles. The number of nitrogens with two attached hydrogens (primary N) is 2. The van der Waals surface area contributed by atoms with Gasteiger partial charge >= 0.3 is 0 Å². The van der Waals surface area contributed by atoms with E-state index in [0.29, 0.717) is 12.3 Å². The van der Waals surface area contributed by atoms with Crippen molar-refractivity contribution >= 4 is 22.5 Å². The molecule has 37 heavy (non-hydrogen) atoms. The first kappa shape index (κ1) is 28.1. The molecule has 1 atom stereocenters. The molecule has 0 fully saturated rings. The Morgan fingerprint density at radius 1 is 0.838 bits per heavy atom. The number of fused-ring (bicyclic) bond motifs is 1. The van der Waals surface area contributed by atoms with Gasteiger partial charge in [-0.25, -0.2) is 0 Å². The SMILES string of the molecule is CCCC(CC)Oc1ccc(C2=C(c3ccc(N)cc3)COc3cc(N)ccc32)cc1.CCCCCF. The third-order valence-corrected chi connectivity index (χ3v) is 6.46. The summed E-state index contributed by atoms with van der Waals surface area (Å²) in [5.41, 5.74) is 18.9. The highest BCUT2D eigenvalue weighted by molar-refractivity contribution is 6.02. The summed E-state index contributed by atoms with van der Waals surface area (Å²) in [5.74, 6) is 1.71. The fourth-order valence-electron chi connectivity index (χ4n) is 4.40. The van der Waals surface area contributed by atoms with E-state index >= 15 is 0 Å². The number of alkyl halides is 1. The maximum absolute atomic E-state index is 11.2. The van der Waals surface area contributed by atoms with Crippen molar-refractivity contribution in [2.75, 3.05) is 24.7 Å². The maximum atomic E-state index is 11.2. The molecule has 0 saturated carbocycles. The zero-order chi connectivity index (χ0) is 26.6. The molecule has 5 heteroatoms. The largest absolute Gasteiger partial charge is 0.490 e. The number of unbranched alkanes of at least 4 members (excludes halogenated alkanes) is 2. The maximum Gasteiger partial charge on any atom is 0.129 e. The standard InChI is InChI=1S/C27H30N2O2.C5H11F/c1-3-5-22(4-2)31-23-13-8-19(9-14-23)27-24-15-12-21(29)16-26(24)30-17-25(27)18-6-10-20(28)11-7-18;1-2-3-4-5-6/h6-16,22H,3-5,17,28-29H2,1-2H3;2-5H2,1H3. The van der Waals surface area contributed by atoms with Crippen LogP contribution in [-0.2, 0) is 0 Å². The molecule has 4 rings (SSSR count). The minimum atomic E-state index is -0.145. The van der Waals surface area contributed by atoms with Crippen molar-refractivity contribution in [1.29, 1.82) is 0 Å². The van der Waals surface area contributed by atoms with Crippen LogP contribution in [0, 0.1) is 0 Å². The van der Waals surface area contributed by atoms with Crippen LogP contribution in [0.1, 0.15) is 76.0 Å². The van der Waals surface area contributed by atoms with Crippen molar-refractivity contribution in [2.45, 2.75) is 65.4 Å². The molecule has 0 aromatic heterocycles. The Balaban J connectivity index is 0.000000568. The molecule has 3 aromatic rings. The van der Waals surface area contributed by atoms with Gasteiger partial charge in [-0.2, -0.15) is 0 Å². The Morgan fingerprint density at radius 3 is 2.11 bits per heavy atom. The number of hydrogen-bond donors (Lipinski definition) is 2. The van der Waals surface area contributed by atoms with Gasteiger partial charge in [0, 0.05) is 28.6 Å². The third kappa shape index (κ3) is 7.75. The number of ether oxygens (including phenoxy) is 2. The van der Waals surface area contributed by atoms with Crippen molar-refractivity contribution in [1.82, 2.24) is 0 Å². The van der Waals surface area contributed by atoms with E-state index in [1.165, 1.54) is 0 Å². The van der Waals surface area contributed by atoms with Crippen LogP contribution in [0.2, 0.25) is 0 Å². The smallest absolute Gasteiger partial charge is 0.129 e. The van der Waals surface area contributed by atoms with Crippen LogP contribution in [0.5, 0.6) is 11.5 Å². The van der Waals surface area contributed by atoms with Crippen molar-refractivity contribution in [3.05, 3.63) is 83.4 Å². The Morgan fingerprint density at radius 2 is 1.51 bits per heavy atom. The Labute approximate surface area is 221 Å². The summed E-state index contributed by atoms with van der Waals surface area (Å²) in [6.45, 7) is 6.75. The number of rotatable bonds is 10. The Kier molecular flexibility index (Phi) is 10.9. The first-order valence-corrected chi connectivity index (χ1v) is 13.4. The topological polar surface area (TPSA) is 70.5 Å². The van der Waals surface area contributed by atoms with Crippen LogP contribution in [0.3, 0.4) is 0 Å². The quantitative estimate of drug-likeness (QED) is 0.215. The highest BCUT2D eigenvalue weighted by Crippen LogP contribution is 2.42. The summed E-state index contributed by atoms with van der Waals surface area (Å²) < 4.78 is 23.4. The lowest BCUT2D eigenvalue weighted by atomic mass is 9.87. The van der Waals surface area contributed by atoms with Gasteiger partial charge in [0.25, 0.3) is 0 Å². The Hall–Kier alpha value is -3.47. The second-order valence-corrected chi connectivity index (χ2v) is 9.38. The second-order valence-electron chi connectivity index (χ2n) is 9.38. The molecule has 0 spiro atoms. The predicted molar refractivity (Wildman–Crippen MR) is 155 cm³/mol. The number of hydrogen-bond acceptors (Lipinski definition) is 4. The summed E-state index contributed by atoms with van der Waals surface area (Å²) in [6.07, 6.45) is 6.35. The van der Waals surface area contributed by atoms with Gasteiger partial charge in [-0.1, -0.05) is 64.3 Å². The average Bonchev–Trinajstić information content (AvgIpc) is 2.92. The molecule has 1 unspecified atom stereocenters. The molecule has 1 aliphatic rings. The van der Waals surface area contributed by atoms with Crippen molar-refractivity contribution in [2.24, 2.45) is 0 Å². The summed E-state index contributed by atoms with van der Waals surface area (Å²) in [4.78, 5) is 0. The van der Waals surface area contributed by atoms with Gasteiger partial charge in [0.1, 0.15) is 18.1 Å². The molecule has 0 amide bonds. The molecule has 198 valence electrons. The molecule has 4 N–H and O–H groups in total. The van der Waals surface area contributed by atoms with Gasteiger partial charge in [-0.05, 0) is 72.4 Å². The van der Waals surface area contributed by atoms with Crippen LogP contribution in [0.15, 0.2) is 66.7 Å². The van der Waals surface area contributed by atoms with Gasteiger partial charge < -0.3 is 20.9 Å².